The van der Waals surface area contributed by atoms with Crippen molar-refractivity contribution in [3.63, 3.8) is 0 Å². The summed E-state index contributed by atoms with van der Waals surface area (Å²) >= 11 is 0. The highest BCUT2D eigenvalue weighted by Gasteiger charge is 2.08. The van der Waals surface area contributed by atoms with Crippen LogP contribution in [0, 0.1) is 17.0 Å². The van der Waals surface area contributed by atoms with Gasteiger partial charge in [-0.1, -0.05) is 12.1 Å². The molecule has 0 saturated heterocycles. The monoisotopic (exact) mass is 273 g/mol. The summed E-state index contributed by atoms with van der Waals surface area (Å²) in [5, 5.41) is 14.3. The molecular formula is C13H11N3O4. The largest absolute Gasteiger partial charge is 0.456 e. The van der Waals surface area contributed by atoms with Gasteiger partial charge in [-0.2, -0.15) is 5.10 Å². The first kappa shape index (κ1) is 13.5. The van der Waals surface area contributed by atoms with E-state index in [0.29, 0.717) is 11.3 Å². The van der Waals surface area contributed by atoms with Crippen LogP contribution < -0.4 is 5.43 Å². The molecule has 0 spiro atoms. The van der Waals surface area contributed by atoms with Crippen molar-refractivity contribution < 1.29 is 14.1 Å². The van der Waals surface area contributed by atoms with Gasteiger partial charge >= 0.3 is 5.91 Å². The maximum absolute atomic E-state index is 11.6. The highest BCUT2D eigenvalue weighted by Crippen LogP contribution is 2.11. The van der Waals surface area contributed by atoms with E-state index < -0.39 is 10.8 Å². The van der Waals surface area contributed by atoms with Gasteiger partial charge in [-0.3, -0.25) is 14.9 Å². The number of benzene rings is 1. The van der Waals surface area contributed by atoms with Crippen molar-refractivity contribution in [3.8, 4) is 0 Å². The first-order valence-corrected chi connectivity index (χ1v) is 5.70. The number of nitro benzene ring substituents is 1. The molecule has 20 heavy (non-hydrogen) atoms. The number of carbonyl (C=O) groups is 1. The smallest absolute Gasteiger partial charge is 0.307 e. The van der Waals surface area contributed by atoms with Crippen LogP contribution in [0.4, 0.5) is 5.69 Å². The number of rotatable bonds is 4. The van der Waals surface area contributed by atoms with Crippen molar-refractivity contribution in [3.05, 3.63) is 63.6 Å². The van der Waals surface area contributed by atoms with Gasteiger partial charge in [-0.15, -0.1) is 0 Å². The first-order valence-electron chi connectivity index (χ1n) is 5.70. The van der Waals surface area contributed by atoms with Crippen LogP contribution in [0.5, 0.6) is 0 Å². The van der Waals surface area contributed by atoms with E-state index in [1.807, 2.05) is 0 Å². The minimum atomic E-state index is -0.498. The lowest BCUT2D eigenvalue weighted by Gasteiger charge is -1.96. The Labute approximate surface area is 114 Å². The van der Waals surface area contributed by atoms with E-state index in [1.165, 1.54) is 30.5 Å². The number of nitrogens with one attached hydrogen (secondary N) is 1. The molecule has 0 bridgehead atoms. The van der Waals surface area contributed by atoms with E-state index >= 15 is 0 Å². The van der Waals surface area contributed by atoms with Crippen LogP contribution >= 0.6 is 0 Å². The van der Waals surface area contributed by atoms with Crippen molar-refractivity contribution >= 4 is 17.8 Å². The summed E-state index contributed by atoms with van der Waals surface area (Å²) in [6.45, 7) is 1.73. The van der Waals surface area contributed by atoms with Crippen LogP contribution in [-0.2, 0) is 0 Å². The van der Waals surface area contributed by atoms with Crippen molar-refractivity contribution in [1.82, 2.24) is 5.43 Å². The van der Waals surface area contributed by atoms with E-state index in [0.717, 1.165) is 0 Å². The second kappa shape index (κ2) is 5.79. The molecular weight excluding hydrogens is 262 g/mol. The zero-order valence-electron chi connectivity index (χ0n) is 10.6. The molecule has 0 radical (unpaired) electrons. The molecule has 0 aliphatic heterocycles. The molecule has 1 aromatic carbocycles. The van der Waals surface area contributed by atoms with Crippen molar-refractivity contribution in [1.29, 1.82) is 0 Å². The maximum atomic E-state index is 11.6. The topological polar surface area (TPSA) is 97.7 Å². The molecule has 0 saturated carbocycles. The molecule has 0 aliphatic rings. The number of hydrazone groups is 1. The summed E-state index contributed by atoms with van der Waals surface area (Å²) in [6, 6.07) is 9.11. The van der Waals surface area contributed by atoms with Crippen molar-refractivity contribution in [2.75, 3.05) is 0 Å². The van der Waals surface area contributed by atoms with Crippen LogP contribution in [0.2, 0.25) is 0 Å². The lowest BCUT2D eigenvalue weighted by atomic mass is 10.2. The van der Waals surface area contributed by atoms with E-state index in [9.17, 15) is 14.9 Å². The highest BCUT2D eigenvalue weighted by molar-refractivity contribution is 5.92. The van der Waals surface area contributed by atoms with Gasteiger partial charge in [-0.05, 0) is 19.1 Å². The molecule has 1 amide bonds. The lowest BCUT2D eigenvalue weighted by Crippen LogP contribution is -2.16. The number of hydrogen-bond donors (Lipinski definition) is 1. The van der Waals surface area contributed by atoms with Gasteiger partial charge in [0.25, 0.3) is 5.69 Å². The predicted octanol–water partition coefficient (Wildman–Crippen LogP) is 2.26. The van der Waals surface area contributed by atoms with E-state index in [-0.39, 0.29) is 11.4 Å². The van der Waals surface area contributed by atoms with Crippen LogP contribution in [0.1, 0.15) is 21.9 Å². The second-order valence-electron chi connectivity index (χ2n) is 3.96. The summed E-state index contributed by atoms with van der Waals surface area (Å²) in [7, 11) is 0. The fraction of sp³-hybridized carbons (Fsp3) is 0.0769. The van der Waals surface area contributed by atoms with Gasteiger partial charge in [0.05, 0.1) is 11.1 Å². The van der Waals surface area contributed by atoms with Crippen LogP contribution in [-0.4, -0.2) is 17.0 Å². The van der Waals surface area contributed by atoms with Crippen LogP contribution in [0.3, 0.4) is 0 Å². The fourth-order valence-electron chi connectivity index (χ4n) is 1.50. The number of amides is 1. The molecule has 1 heterocycles. The summed E-state index contributed by atoms with van der Waals surface area (Å²) < 4.78 is 5.12. The number of carbonyl (C=O) groups excluding carboxylic acids is 1. The van der Waals surface area contributed by atoms with Gasteiger partial charge in [-0.25, -0.2) is 5.43 Å². The van der Waals surface area contributed by atoms with E-state index in [2.05, 4.69) is 10.5 Å². The van der Waals surface area contributed by atoms with Crippen molar-refractivity contribution in [2.45, 2.75) is 6.92 Å². The van der Waals surface area contributed by atoms with Gasteiger partial charge in [0.1, 0.15) is 5.76 Å². The zero-order valence-corrected chi connectivity index (χ0v) is 10.6. The standard InChI is InChI=1S/C13H11N3O4/c1-9-5-6-12(20-9)13(17)15-14-8-10-3-2-4-11(7-10)16(18)19/h2-8H,1H3,(H,15,17)/b14-8-. The molecule has 0 fully saturated rings. The maximum Gasteiger partial charge on any atom is 0.307 e. The number of aryl methyl sites for hydroxylation is 1. The number of nitrogens with zero attached hydrogens (tertiary/aromatic N) is 2. The molecule has 0 aliphatic carbocycles. The minimum Gasteiger partial charge on any atom is -0.456 e. The quantitative estimate of drug-likeness (QED) is 0.524. The average molecular weight is 273 g/mol. The average Bonchev–Trinajstić information content (AvgIpc) is 2.86. The normalized spacial score (nSPS) is 10.7. The number of non-ortho nitro benzene ring substituents is 1. The van der Waals surface area contributed by atoms with Gasteiger partial charge in [0.15, 0.2) is 5.76 Å². The summed E-state index contributed by atoms with van der Waals surface area (Å²) in [6.07, 6.45) is 1.32. The molecule has 102 valence electrons. The molecule has 0 unspecified atom stereocenters. The Balaban J connectivity index is 2.01. The summed E-state index contributed by atoms with van der Waals surface area (Å²) in [4.78, 5) is 21.7. The third kappa shape index (κ3) is 3.29. The number of nitro groups is 1. The fourth-order valence-corrected chi connectivity index (χ4v) is 1.50. The third-order valence-electron chi connectivity index (χ3n) is 2.42. The first-order chi connectivity index (χ1) is 9.56. The van der Waals surface area contributed by atoms with Gasteiger partial charge < -0.3 is 4.42 Å². The molecule has 7 heteroatoms. The van der Waals surface area contributed by atoms with Gasteiger partial charge in [0.2, 0.25) is 0 Å². The van der Waals surface area contributed by atoms with Gasteiger partial charge in [0, 0.05) is 17.7 Å². The number of hydrogen-bond acceptors (Lipinski definition) is 5. The summed E-state index contributed by atoms with van der Waals surface area (Å²) in [5.41, 5.74) is 2.75. The van der Waals surface area contributed by atoms with E-state index in [4.69, 9.17) is 4.42 Å². The third-order valence-corrected chi connectivity index (χ3v) is 2.42. The Morgan fingerprint density at radius 2 is 2.20 bits per heavy atom. The summed E-state index contributed by atoms with van der Waals surface area (Å²) in [5.74, 6) is 0.288. The Morgan fingerprint density at radius 3 is 2.85 bits per heavy atom. The SMILES string of the molecule is Cc1ccc(C(=O)N/N=C\c2cccc([N+](=O)[O-])c2)o1. The predicted molar refractivity (Wildman–Crippen MR) is 71.6 cm³/mol. The van der Waals surface area contributed by atoms with Crippen LogP contribution in [0.25, 0.3) is 0 Å². The minimum absolute atomic E-state index is 0.0399. The molecule has 7 nitrogen and oxygen atoms in total. The molecule has 1 N–H and O–H groups in total. The Morgan fingerprint density at radius 1 is 1.40 bits per heavy atom. The molecule has 2 aromatic rings. The molecule has 0 atom stereocenters. The molecule has 1 aromatic heterocycles. The molecule has 2 rings (SSSR count). The van der Waals surface area contributed by atoms with Crippen LogP contribution in [0.15, 0.2) is 45.9 Å². The zero-order chi connectivity index (χ0) is 14.5. The lowest BCUT2D eigenvalue weighted by molar-refractivity contribution is -0.384. The highest BCUT2D eigenvalue weighted by atomic mass is 16.6. The second-order valence-corrected chi connectivity index (χ2v) is 3.96. The number of furan rings is 1. The Hall–Kier alpha value is -2.96. The van der Waals surface area contributed by atoms with E-state index in [1.54, 1.807) is 19.1 Å². The Bertz CT molecular complexity index is 676. The van der Waals surface area contributed by atoms with Crippen molar-refractivity contribution in [2.24, 2.45) is 5.10 Å². The Kier molecular flexibility index (Phi) is 3.90.